The van der Waals surface area contributed by atoms with Crippen LogP contribution < -0.4 is 0 Å². The Labute approximate surface area is 99.6 Å². The van der Waals surface area contributed by atoms with Gasteiger partial charge in [0, 0.05) is 5.92 Å². The van der Waals surface area contributed by atoms with E-state index in [0.717, 1.165) is 6.42 Å². The van der Waals surface area contributed by atoms with E-state index in [4.69, 9.17) is 9.16 Å². The van der Waals surface area contributed by atoms with Gasteiger partial charge in [0.1, 0.15) is 6.10 Å². The summed E-state index contributed by atoms with van der Waals surface area (Å²) in [4.78, 5) is 11.7. The Morgan fingerprint density at radius 2 is 1.88 bits per heavy atom. The van der Waals surface area contributed by atoms with E-state index in [-0.39, 0.29) is 24.1 Å². The SMILES string of the molecule is CC[C@H]1OC(=O)[C@H](C)[C@@H](O[Si](C)(C)C)[C@@H]1C. The quantitative estimate of drug-likeness (QED) is 0.566. The number of hydrogen-bond donors (Lipinski definition) is 0. The van der Waals surface area contributed by atoms with Gasteiger partial charge in [0.15, 0.2) is 8.32 Å². The summed E-state index contributed by atoms with van der Waals surface area (Å²) in [5.41, 5.74) is 0. The number of carbonyl (C=O) groups is 1. The molecule has 4 atom stereocenters. The zero-order chi connectivity index (χ0) is 12.5. The van der Waals surface area contributed by atoms with Crippen LogP contribution in [0.15, 0.2) is 0 Å². The second kappa shape index (κ2) is 4.88. The second-order valence-corrected chi connectivity index (χ2v) is 10.2. The van der Waals surface area contributed by atoms with Crippen LogP contribution in [0, 0.1) is 11.8 Å². The molecule has 0 N–H and O–H groups in total. The molecule has 1 saturated heterocycles. The third kappa shape index (κ3) is 3.07. The molecule has 1 fully saturated rings. The molecule has 1 aliphatic rings. The van der Waals surface area contributed by atoms with Crippen molar-refractivity contribution in [2.75, 3.05) is 0 Å². The molecule has 1 heterocycles. The highest BCUT2D eigenvalue weighted by Gasteiger charge is 2.42. The minimum Gasteiger partial charge on any atom is -0.462 e. The monoisotopic (exact) mass is 244 g/mol. The largest absolute Gasteiger partial charge is 0.462 e. The van der Waals surface area contributed by atoms with Gasteiger partial charge in [-0.1, -0.05) is 13.8 Å². The summed E-state index contributed by atoms with van der Waals surface area (Å²) < 4.78 is 11.5. The Bertz CT molecular complexity index is 259. The molecular weight excluding hydrogens is 220 g/mol. The van der Waals surface area contributed by atoms with Gasteiger partial charge in [-0.2, -0.15) is 0 Å². The van der Waals surface area contributed by atoms with Crippen molar-refractivity contribution in [2.45, 2.75) is 59.0 Å². The maximum Gasteiger partial charge on any atom is 0.311 e. The lowest BCUT2D eigenvalue weighted by Gasteiger charge is -2.41. The number of cyclic esters (lactones) is 1. The molecule has 0 aromatic carbocycles. The molecule has 1 rings (SSSR count). The van der Waals surface area contributed by atoms with Gasteiger partial charge >= 0.3 is 5.97 Å². The van der Waals surface area contributed by atoms with Crippen molar-refractivity contribution in [1.29, 1.82) is 0 Å². The molecule has 1 aliphatic heterocycles. The first-order valence-corrected chi connectivity index (χ1v) is 9.55. The first-order chi connectivity index (χ1) is 7.26. The summed E-state index contributed by atoms with van der Waals surface area (Å²) >= 11 is 0. The third-order valence-electron chi connectivity index (χ3n) is 3.13. The van der Waals surface area contributed by atoms with Crippen LogP contribution in [0.25, 0.3) is 0 Å². The van der Waals surface area contributed by atoms with Gasteiger partial charge < -0.3 is 9.16 Å². The van der Waals surface area contributed by atoms with Gasteiger partial charge in [0.05, 0.1) is 12.0 Å². The molecular formula is C12H24O3Si. The molecule has 16 heavy (non-hydrogen) atoms. The molecule has 0 amide bonds. The normalized spacial score (nSPS) is 36.0. The lowest BCUT2D eigenvalue weighted by molar-refractivity contribution is -0.175. The van der Waals surface area contributed by atoms with E-state index in [1.54, 1.807) is 0 Å². The van der Waals surface area contributed by atoms with E-state index in [1.165, 1.54) is 0 Å². The third-order valence-corrected chi connectivity index (χ3v) is 4.11. The fourth-order valence-corrected chi connectivity index (χ4v) is 3.47. The van der Waals surface area contributed by atoms with E-state index < -0.39 is 8.32 Å². The summed E-state index contributed by atoms with van der Waals surface area (Å²) in [5, 5.41) is 0. The molecule has 0 aromatic heterocycles. The van der Waals surface area contributed by atoms with Crippen molar-refractivity contribution in [3.8, 4) is 0 Å². The van der Waals surface area contributed by atoms with E-state index in [9.17, 15) is 4.79 Å². The van der Waals surface area contributed by atoms with E-state index >= 15 is 0 Å². The average Bonchev–Trinajstić information content (AvgIpc) is 2.17. The molecule has 0 aromatic rings. The van der Waals surface area contributed by atoms with Gasteiger partial charge in [-0.05, 0) is 33.0 Å². The lowest BCUT2D eigenvalue weighted by Crippen LogP contribution is -2.51. The zero-order valence-electron chi connectivity index (χ0n) is 11.2. The topological polar surface area (TPSA) is 35.5 Å². The average molecular weight is 244 g/mol. The van der Waals surface area contributed by atoms with Gasteiger partial charge in [0.25, 0.3) is 0 Å². The molecule has 3 nitrogen and oxygen atoms in total. The number of hydrogen-bond acceptors (Lipinski definition) is 3. The Kier molecular flexibility index (Phi) is 4.18. The molecule has 0 aliphatic carbocycles. The van der Waals surface area contributed by atoms with Gasteiger partial charge in [0.2, 0.25) is 0 Å². The van der Waals surface area contributed by atoms with Crippen molar-refractivity contribution in [1.82, 2.24) is 0 Å². The molecule has 0 unspecified atom stereocenters. The summed E-state index contributed by atoms with van der Waals surface area (Å²) in [6.45, 7) is 12.6. The lowest BCUT2D eigenvalue weighted by atomic mass is 9.85. The van der Waals surface area contributed by atoms with Crippen LogP contribution in [0.2, 0.25) is 19.6 Å². The van der Waals surface area contributed by atoms with Crippen LogP contribution >= 0.6 is 0 Å². The standard InChI is InChI=1S/C12H24O3Si/c1-7-10-8(2)11(15-16(4,5)6)9(3)12(13)14-10/h8-11H,7H2,1-6H3/t8-,9-,10-,11+/m1/s1. The van der Waals surface area contributed by atoms with Crippen LogP contribution in [-0.2, 0) is 14.0 Å². The smallest absolute Gasteiger partial charge is 0.311 e. The highest BCUT2D eigenvalue weighted by molar-refractivity contribution is 6.69. The zero-order valence-corrected chi connectivity index (χ0v) is 12.2. The van der Waals surface area contributed by atoms with Gasteiger partial charge in [-0.15, -0.1) is 0 Å². The van der Waals surface area contributed by atoms with Crippen molar-refractivity contribution >= 4 is 14.3 Å². The first-order valence-electron chi connectivity index (χ1n) is 6.14. The number of esters is 1. The highest BCUT2D eigenvalue weighted by Crippen LogP contribution is 2.32. The van der Waals surface area contributed by atoms with Crippen LogP contribution in [0.4, 0.5) is 0 Å². The minimum atomic E-state index is -1.61. The van der Waals surface area contributed by atoms with E-state index in [2.05, 4.69) is 33.5 Å². The highest BCUT2D eigenvalue weighted by atomic mass is 28.4. The molecule has 94 valence electrons. The van der Waals surface area contributed by atoms with Gasteiger partial charge in [-0.3, -0.25) is 4.79 Å². The molecule has 0 spiro atoms. The molecule has 0 saturated carbocycles. The van der Waals surface area contributed by atoms with E-state index in [0.29, 0.717) is 5.92 Å². The maximum atomic E-state index is 11.7. The second-order valence-electron chi connectivity index (χ2n) is 5.73. The predicted octanol–water partition coefficient (Wildman–Crippen LogP) is 2.81. The van der Waals surface area contributed by atoms with Crippen molar-refractivity contribution in [2.24, 2.45) is 11.8 Å². The first kappa shape index (κ1) is 13.7. The summed E-state index contributed by atoms with van der Waals surface area (Å²) in [6, 6.07) is 0. The number of ether oxygens (including phenoxy) is 1. The molecule has 0 radical (unpaired) electrons. The Morgan fingerprint density at radius 1 is 1.31 bits per heavy atom. The number of rotatable bonds is 3. The fraction of sp³-hybridized carbons (Fsp3) is 0.917. The van der Waals surface area contributed by atoms with Crippen LogP contribution in [0.3, 0.4) is 0 Å². The molecule has 0 bridgehead atoms. The van der Waals surface area contributed by atoms with E-state index in [1.807, 2.05) is 6.92 Å². The fourth-order valence-electron chi connectivity index (χ4n) is 2.24. The van der Waals surface area contributed by atoms with Gasteiger partial charge in [-0.25, -0.2) is 0 Å². The summed E-state index contributed by atoms with van der Waals surface area (Å²) in [5.74, 6) is 0.0575. The van der Waals surface area contributed by atoms with Crippen LogP contribution in [0.5, 0.6) is 0 Å². The summed E-state index contributed by atoms with van der Waals surface area (Å²) in [7, 11) is -1.61. The van der Waals surface area contributed by atoms with Crippen molar-refractivity contribution in [3.63, 3.8) is 0 Å². The summed E-state index contributed by atoms with van der Waals surface area (Å²) in [6.07, 6.45) is 0.911. The Morgan fingerprint density at radius 3 is 2.31 bits per heavy atom. The minimum absolute atomic E-state index is 0.0186. The Balaban J connectivity index is 2.81. The predicted molar refractivity (Wildman–Crippen MR) is 66.7 cm³/mol. The maximum absolute atomic E-state index is 11.7. The van der Waals surface area contributed by atoms with Crippen molar-refractivity contribution < 1.29 is 14.0 Å². The van der Waals surface area contributed by atoms with Crippen LogP contribution in [-0.4, -0.2) is 26.5 Å². The van der Waals surface area contributed by atoms with Crippen molar-refractivity contribution in [3.05, 3.63) is 0 Å². The van der Waals surface area contributed by atoms with Crippen LogP contribution in [0.1, 0.15) is 27.2 Å². The number of carbonyl (C=O) groups excluding carboxylic acids is 1. The molecule has 4 heteroatoms. The Hall–Kier alpha value is -0.353.